The van der Waals surface area contributed by atoms with Gasteiger partial charge in [-0.25, -0.2) is 0 Å². The molecular weight excluding hydrogens is 266 g/mol. The third-order valence-electron chi connectivity index (χ3n) is 3.30. The minimum atomic E-state index is -0.161. The normalized spacial score (nSPS) is 13.2. The van der Waals surface area contributed by atoms with Gasteiger partial charge in [0.1, 0.15) is 5.75 Å². The fourth-order valence-electron chi connectivity index (χ4n) is 1.99. The third kappa shape index (κ3) is 6.00. The number of rotatable bonds is 6. The van der Waals surface area contributed by atoms with Crippen LogP contribution in [0.4, 0.5) is 0 Å². The van der Waals surface area contributed by atoms with Gasteiger partial charge in [-0.3, -0.25) is 4.79 Å². The lowest BCUT2D eigenvalue weighted by Crippen LogP contribution is -2.43. The number of hydrogen-bond acceptors (Lipinski definition) is 3. The van der Waals surface area contributed by atoms with E-state index >= 15 is 0 Å². The fraction of sp³-hybridized carbons (Fsp3) is 0.471. The van der Waals surface area contributed by atoms with Crippen molar-refractivity contribution < 1.29 is 14.6 Å². The van der Waals surface area contributed by atoms with Crippen molar-refractivity contribution in [3.63, 3.8) is 0 Å². The van der Waals surface area contributed by atoms with Crippen LogP contribution in [0, 0.1) is 5.41 Å². The van der Waals surface area contributed by atoms with E-state index in [-0.39, 0.29) is 24.0 Å². The number of benzene rings is 1. The zero-order valence-corrected chi connectivity index (χ0v) is 13.2. The van der Waals surface area contributed by atoms with Crippen LogP contribution < -0.4 is 10.1 Å². The molecule has 0 heterocycles. The Bertz CT molecular complexity index is 489. The van der Waals surface area contributed by atoms with Crippen molar-refractivity contribution >= 4 is 12.0 Å². The molecule has 0 fully saturated rings. The Kier molecular flexibility index (Phi) is 6.43. The molecule has 0 bridgehead atoms. The van der Waals surface area contributed by atoms with E-state index in [0.717, 1.165) is 11.3 Å². The van der Waals surface area contributed by atoms with Crippen LogP contribution in [0.5, 0.6) is 5.75 Å². The minimum absolute atomic E-state index is 0.0574. The molecule has 1 aromatic rings. The Labute approximate surface area is 126 Å². The molecule has 0 saturated heterocycles. The first-order valence-corrected chi connectivity index (χ1v) is 7.10. The number of ether oxygens (including phenoxy) is 1. The Morgan fingerprint density at radius 3 is 2.71 bits per heavy atom. The summed E-state index contributed by atoms with van der Waals surface area (Å²) in [4.78, 5) is 12.0. The van der Waals surface area contributed by atoms with Gasteiger partial charge < -0.3 is 15.2 Å². The van der Waals surface area contributed by atoms with Crippen LogP contribution in [0.1, 0.15) is 32.8 Å². The summed E-state index contributed by atoms with van der Waals surface area (Å²) in [5, 5.41) is 12.0. The molecule has 4 heteroatoms. The van der Waals surface area contributed by atoms with Crippen molar-refractivity contribution in [2.45, 2.75) is 33.2 Å². The number of carbonyl (C=O) groups excluding carboxylic acids is 1. The van der Waals surface area contributed by atoms with Gasteiger partial charge in [-0.15, -0.1) is 0 Å². The summed E-state index contributed by atoms with van der Waals surface area (Å²) >= 11 is 0. The molecule has 116 valence electrons. The summed E-state index contributed by atoms with van der Waals surface area (Å²) < 4.78 is 5.14. The summed E-state index contributed by atoms with van der Waals surface area (Å²) in [6.07, 6.45) is 3.80. The lowest BCUT2D eigenvalue weighted by atomic mass is 9.85. The van der Waals surface area contributed by atoms with Gasteiger partial charge in [-0.05, 0) is 35.6 Å². The first-order chi connectivity index (χ1) is 9.86. The summed E-state index contributed by atoms with van der Waals surface area (Å²) in [5.41, 5.74) is 0.807. The lowest BCUT2D eigenvalue weighted by molar-refractivity contribution is -0.118. The standard InChI is InChI=1S/C17H25NO3/c1-17(2,3)15(10-11-19)18-16(20)9-8-13-6-5-7-14(12-13)21-4/h5-9,12,15,19H,10-11H2,1-4H3,(H,18,20)/b9-8+. The van der Waals surface area contributed by atoms with Crippen molar-refractivity contribution in [3.8, 4) is 5.75 Å². The van der Waals surface area contributed by atoms with Crippen LogP contribution in [0.15, 0.2) is 30.3 Å². The minimum Gasteiger partial charge on any atom is -0.497 e. The fourth-order valence-corrected chi connectivity index (χ4v) is 1.99. The summed E-state index contributed by atoms with van der Waals surface area (Å²) in [6, 6.07) is 7.43. The maximum absolute atomic E-state index is 12.0. The SMILES string of the molecule is COc1cccc(/C=C/C(=O)NC(CCO)C(C)(C)C)c1. The van der Waals surface area contributed by atoms with Crippen LogP contribution in [-0.4, -0.2) is 30.8 Å². The molecule has 0 aliphatic rings. The van der Waals surface area contributed by atoms with Gasteiger partial charge >= 0.3 is 0 Å². The third-order valence-corrected chi connectivity index (χ3v) is 3.30. The van der Waals surface area contributed by atoms with Gasteiger partial charge in [-0.1, -0.05) is 32.9 Å². The quantitative estimate of drug-likeness (QED) is 0.792. The van der Waals surface area contributed by atoms with Gasteiger partial charge in [0, 0.05) is 18.7 Å². The highest BCUT2D eigenvalue weighted by molar-refractivity contribution is 5.92. The number of aliphatic hydroxyl groups is 1. The number of methoxy groups -OCH3 is 1. The number of carbonyl (C=O) groups is 1. The monoisotopic (exact) mass is 291 g/mol. The van der Waals surface area contributed by atoms with Crippen LogP contribution in [0.3, 0.4) is 0 Å². The molecule has 1 atom stereocenters. The van der Waals surface area contributed by atoms with Gasteiger partial charge in [0.05, 0.1) is 7.11 Å². The van der Waals surface area contributed by atoms with E-state index in [0.29, 0.717) is 6.42 Å². The van der Waals surface area contributed by atoms with E-state index in [9.17, 15) is 4.79 Å². The average molecular weight is 291 g/mol. The van der Waals surface area contributed by atoms with Crippen LogP contribution in [0.25, 0.3) is 6.08 Å². The molecule has 0 aliphatic carbocycles. The van der Waals surface area contributed by atoms with E-state index in [4.69, 9.17) is 9.84 Å². The van der Waals surface area contributed by atoms with Crippen LogP contribution in [0.2, 0.25) is 0 Å². The van der Waals surface area contributed by atoms with Gasteiger partial charge in [0.25, 0.3) is 0 Å². The van der Waals surface area contributed by atoms with Crippen molar-refractivity contribution in [3.05, 3.63) is 35.9 Å². The predicted molar refractivity (Wildman–Crippen MR) is 85.1 cm³/mol. The van der Waals surface area contributed by atoms with E-state index in [1.165, 1.54) is 6.08 Å². The van der Waals surface area contributed by atoms with E-state index in [2.05, 4.69) is 5.32 Å². The zero-order chi connectivity index (χ0) is 15.9. The highest BCUT2D eigenvalue weighted by Gasteiger charge is 2.24. The summed E-state index contributed by atoms with van der Waals surface area (Å²) in [6.45, 7) is 6.18. The highest BCUT2D eigenvalue weighted by atomic mass is 16.5. The molecule has 0 aliphatic heterocycles. The molecule has 0 saturated carbocycles. The van der Waals surface area contributed by atoms with Crippen LogP contribution in [-0.2, 0) is 4.79 Å². The van der Waals surface area contributed by atoms with Crippen molar-refractivity contribution in [2.75, 3.05) is 13.7 Å². The molecule has 4 nitrogen and oxygen atoms in total. The number of amides is 1. The molecule has 2 N–H and O–H groups in total. The average Bonchev–Trinajstić information content (AvgIpc) is 2.44. The van der Waals surface area contributed by atoms with Gasteiger partial charge in [0.15, 0.2) is 0 Å². The molecule has 0 radical (unpaired) electrons. The first kappa shape index (κ1) is 17.2. The van der Waals surface area contributed by atoms with Crippen molar-refractivity contribution in [2.24, 2.45) is 5.41 Å². The number of hydrogen-bond donors (Lipinski definition) is 2. The van der Waals surface area contributed by atoms with E-state index in [1.54, 1.807) is 13.2 Å². The first-order valence-electron chi connectivity index (χ1n) is 7.10. The lowest BCUT2D eigenvalue weighted by Gasteiger charge is -2.30. The van der Waals surface area contributed by atoms with Gasteiger partial charge in [-0.2, -0.15) is 0 Å². The Morgan fingerprint density at radius 1 is 1.43 bits per heavy atom. The number of nitrogens with one attached hydrogen (secondary N) is 1. The largest absolute Gasteiger partial charge is 0.497 e. The Balaban J connectivity index is 2.68. The summed E-state index contributed by atoms with van der Waals surface area (Å²) in [7, 11) is 1.61. The van der Waals surface area contributed by atoms with Crippen molar-refractivity contribution in [1.82, 2.24) is 5.32 Å². The summed E-state index contributed by atoms with van der Waals surface area (Å²) in [5.74, 6) is 0.594. The second-order valence-corrected chi connectivity index (χ2v) is 6.05. The predicted octanol–water partition coefficient (Wildman–Crippen LogP) is 2.62. The van der Waals surface area contributed by atoms with E-state index < -0.39 is 0 Å². The molecule has 1 unspecified atom stereocenters. The van der Waals surface area contributed by atoms with Gasteiger partial charge in [0.2, 0.25) is 5.91 Å². The van der Waals surface area contributed by atoms with Crippen LogP contribution >= 0.6 is 0 Å². The maximum Gasteiger partial charge on any atom is 0.244 e. The molecule has 1 rings (SSSR count). The molecular formula is C17H25NO3. The second kappa shape index (κ2) is 7.84. The zero-order valence-electron chi connectivity index (χ0n) is 13.2. The highest BCUT2D eigenvalue weighted by Crippen LogP contribution is 2.21. The maximum atomic E-state index is 12.0. The Morgan fingerprint density at radius 2 is 2.14 bits per heavy atom. The van der Waals surface area contributed by atoms with Crippen molar-refractivity contribution in [1.29, 1.82) is 0 Å². The number of aliphatic hydroxyl groups excluding tert-OH is 1. The second-order valence-electron chi connectivity index (χ2n) is 6.05. The smallest absolute Gasteiger partial charge is 0.244 e. The van der Waals surface area contributed by atoms with E-state index in [1.807, 2.05) is 45.0 Å². The molecule has 1 aromatic carbocycles. The molecule has 21 heavy (non-hydrogen) atoms. The topological polar surface area (TPSA) is 58.6 Å². The molecule has 1 amide bonds. The molecule has 0 spiro atoms. The molecule has 0 aromatic heterocycles. The Hall–Kier alpha value is -1.81.